The van der Waals surface area contributed by atoms with Crippen LogP contribution < -0.4 is 11.1 Å². The summed E-state index contributed by atoms with van der Waals surface area (Å²) < 4.78 is 1.85. The van der Waals surface area contributed by atoms with Crippen molar-refractivity contribution < 1.29 is 0 Å². The number of fused-ring (bicyclic) bond motifs is 1. The number of nitrogens with two attached hydrogens (primary N) is 1. The smallest absolute Gasteiger partial charge is 0.132 e. The minimum atomic E-state index is 0.284. The first-order valence-corrected chi connectivity index (χ1v) is 11.8. The predicted molar refractivity (Wildman–Crippen MR) is 134 cm³/mol. The van der Waals surface area contributed by atoms with E-state index in [0.29, 0.717) is 5.92 Å². The molecule has 7 nitrogen and oxygen atoms in total. The number of rotatable bonds is 11. The van der Waals surface area contributed by atoms with Crippen molar-refractivity contribution in [2.75, 3.05) is 33.2 Å². The van der Waals surface area contributed by atoms with Crippen LogP contribution in [0.4, 0.5) is 0 Å². The lowest BCUT2D eigenvalue weighted by Crippen LogP contribution is -2.33. The molecule has 3 rings (SSSR count). The molecule has 2 unspecified atom stereocenters. The van der Waals surface area contributed by atoms with Gasteiger partial charge in [-0.15, -0.1) is 5.10 Å². The highest BCUT2D eigenvalue weighted by Gasteiger charge is 2.21. The predicted octanol–water partition coefficient (Wildman–Crippen LogP) is 3.79. The molecule has 1 saturated heterocycles. The number of nitrogens with one attached hydrogen (secondary N) is 1. The van der Waals surface area contributed by atoms with Gasteiger partial charge in [0.25, 0.3) is 0 Å². The average Bonchev–Trinajstić information content (AvgIpc) is 3.46. The fourth-order valence-electron chi connectivity index (χ4n) is 4.41. The summed E-state index contributed by atoms with van der Waals surface area (Å²) >= 11 is 0. The number of likely N-dealkylation sites (tertiary alicyclic amines) is 1. The van der Waals surface area contributed by atoms with Crippen LogP contribution in [0.1, 0.15) is 46.0 Å². The standard InChI is InChI=1S/C25H39N7/c1-19(16-26)11-12-25(32-24-10-6-5-9-23(24)29-30-32)28-21(3)20(2)15-22(17-27-4)18-31-13-7-8-14-31/h5-6,9-10,16,20,22,27H,3,7-8,11-15,17-18,26H2,1-2,4H3/b19-16+,28-25?. The van der Waals surface area contributed by atoms with Crippen molar-refractivity contribution in [3.63, 3.8) is 0 Å². The van der Waals surface area contributed by atoms with E-state index >= 15 is 0 Å². The number of para-hydroxylation sites is 1. The van der Waals surface area contributed by atoms with Gasteiger partial charge in [-0.05, 0) is 89.5 Å². The summed E-state index contributed by atoms with van der Waals surface area (Å²) in [6.45, 7) is 13.2. The van der Waals surface area contributed by atoms with Gasteiger partial charge in [-0.1, -0.05) is 36.4 Å². The van der Waals surface area contributed by atoms with Gasteiger partial charge in [-0.3, -0.25) is 0 Å². The number of hydrogen-bond acceptors (Lipinski definition) is 6. The number of nitrogens with zero attached hydrogens (tertiary/aromatic N) is 5. The largest absolute Gasteiger partial charge is 0.405 e. The van der Waals surface area contributed by atoms with Crippen LogP contribution >= 0.6 is 0 Å². The first-order chi connectivity index (χ1) is 15.5. The van der Waals surface area contributed by atoms with Crippen LogP contribution in [-0.4, -0.2) is 59.0 Å². The Hall–Kier alpha value is -2.51. The maximum absolute atomic E-state index is 5.70. The Labute approximate surface area is 192 Å². The van der Waals surface area contributed by atoms with E-state index in [2.05, 4.69) is 34.0 Å². The van der Waals surface area contributed by atoms with Gasteiger partial charge in [0.05, 0.1) is 5.52 Å². The lowest BCUT2D eigenvalue weighted by atomic mass is 9.93. The highest BCUT2D eigenvalue weighted by molar-refractivity contribution is 5.92. The summed E-state index contributed by atoms with van der Waals surface area (Å²) in [5.74, 6) is 1.73. The van der Waals surface area contributed by atoms with E-state index in [4.69, 9.17) is 10.7 Å². The van der Waals surface area contributed by atoms with Crippen LogP contribution in [0, 0.1) is 11.8 Å². The molecule has 1 aliphatic heterocycles. The van der Waals surface area contributed by atoms with E-state index in [9.17, 15) is 0 Å². The molecule has 7 heteroatoms. The maximum Gasteiger partial charge on any atom is 0.132 e. The SMILES string of the molecule is C=C(N=C(CC/C(C)=C/N)n1nnc2ccccc21)C(C)CC(CNC)CN1CCCC1. The lowest BCUT2D eigenvalue weighted by molar-refractivity contribution is 0.253. The third-order valence-electron chi connectivity index (χ3n) is 6.36. The van der Waals surface area contributed by atoms with Crippen LogP contribution in [0.25, 0.3) is 11.0 Å². The molecule has 32 heavy (non-hydrogen) atoms. The molecule has 1 aromatic heterocycles. The van der Waals surface area contributed by atoms with E-state index in [1.807, 2.05) is 42.9 Å². The Morgan fingerprint density at radius 1 is 1.28 bits per heavy atom. The van der Waals surface area contributed by atoms with Gasteiger partial charge < -0.3 is 16.0 Å². The summed E-state index contributed by atoms with van der Waals surface area (Å²) in [4.78, 5) is 7.59. The minimum absolute atomic E-state index is 0.284. The number of hydrogen-bond donors (Lipinski definition) is 2. The maximum atomic E-state index is 5.70. The molecular weight excluding hydrogens is 398 g/mol. The number of benzene rings is 1. The van der Waals surface area contributed by atoms with Gasteiger partial charge in [-0.25, -0.2) is 4.99 Å². The van der Waals surface area contributed by atoms with Crippen molar-refractivity contribution >= 4 is 16.9 Å². The monoisotopic (exact) mass is 437 g/mol. The Bertz CT molecular complexity index is 937. The van der Waals surface area contributed by atoms with Gasteiger partial charge >= 0.3 is 0 Å². The summed E-state index contributed by atoms with van der Waals surface area (Å²) in [5.41, 5.74) is 9.55. The fraction of sp³-hybridized carbons (Fsp3) is 0.560. The van der Waals surface area contributed by atoms with E-state index in [-0.39, 0.29) is 5.92 Å². The van der Waals surface area contributed by atoms with Crippen molar-refractivity contribution in [3.8, 4) is 0 Å². The van der Waals surface area contributed by atoms with Crippen LogP contribution in [-0.2, 0) is 0 Å². The Morgan fingerprint density at radius 2 is 2.03 bits per heavy atom. The highest BCUT2D eigenvalue weighted by atomic mass is 15.4. The van der Waals surface area contributed by atoms with Crippen molar-refractivity contribution in [1.29, 1.82) is 0 Å². The second-order valence-electron chi connectivity index (χ2n) is 9.09. The summed E-state index contributed by atoms with van der Waals surface area (Å²) in [5, 5.41) is 12.1. The van der Waals surface area contributed by atoms with E-state index in [0.717, 1.165) is 60.5 Å². The van der Waals surface area contributed by atoms with Crippen molar-refractivity contribution in [2.24, 2.45) is 22.6 Å². The average molecular weight is 438 g/mol. The first kappa shape index (κ1) is 24.1. The molecule has 0 amide bonds. The zero-order chi connectivity index (χ0) is 22.9. The molecule has 2 atom stereocenters. The number of aromatic nitrogens is 3. The molecule has 0 radical (unpaired) electrons. The highest BCUT2D eigenvalue weighted by Crippen LogP contribution is 2.23. The fourth-order valence-corrected chi connectivity index (χ4v) is 4.41. The minimum Gasteiger partial charge on any atom is -0.405 e. The lowest BCUT2D eigenvalue weighted by Gasteiger charge is -2.26. The summed E-state index contributed by atoms with van der Waals surface area (Å²) in [7, 11) is 2.04. The zero-order valence-electron chi connectivity index (χ0n) is 19.9. The molecule has 1 aromatic carbocycles. The molecule has 0 bridgehead atoms. The second kappa shape index (κ2) is 11.9. The molecule has 2 aromatic rings. The third-order valence-corrected chi connectivity index (χ3v) is 6.36. The van der Waals surface area contributed by atoms with Gasteiger partial charge in [0, 0.05) is 18.7 Å². The molecular formula is C25H39N7. The van der Waals surface area contributed by atoms with Gasteiger partial charge in [0.2, 0.25) is 0 Å². The topological polar surface area (TPSA) is 84.4 Å². The summed E-state index contributed by atoms with van der Waals surface area (Å²) in [6.07, 6.45) is 6.92. The van der Waals surface area contributed by atoms with E-state index in [1.54, 1.807) is 6.20 Å². The molecule has 2 heterocycles. The molecule has 1 aliphatic rings. The van der Waals surface area contributed by atoms with Crippen LogP contribution in [0.15, 0.2) is 53.3 Å². The third kappa shape index (κ3) is 6.50. The van der Waals surface area contributed by atoms with Crippen molar-refractivity contribution in [1.82, 2.24) is 25.2 Å². The van der Waals surface area contributed by atoms with Gasteiger partial charge in [0.15, 0.2) is 0 Å². The molecule has 1 fully saturated rings. The summed E-state index contributed by atoms with van der Waals surface area (Å²) in [6, 6.07) is 7.98. The Balaban J connectivity index is 1.77. The molecule has 0 saturated carbocycles. The van der Waals surface area contributed by atoms with Gasteiger partial charge in [0.1, 0.15) is 11.4 Å². The molecule has 174 valence electrons. The Morgan fingerprint density at radius 3 is 2.75 bits per heavy atom. The van der Waals surface area contributed by atoms with E-state index < -0.39 is 0 Å². The zero-order valence-corrected chi connectivity index (χ0v) is 19.9. The van der Waals surface area contributed by atoms with Crippen LogP contribution in [0.5, 0.6) is 0 Å². The van der Waals surface area contributed by atoms with E-state index in [1.165, 1.54) is 25.9 Å². The second-order valence-corrected chi connectivity index (χ2v) is 9.09. The van der Waals surface area contributed by atoms with Crippen LogP contribution in [0.3, 0.4) is 0 Å². The van der Waals surface area contributed by atoms with Crippen LogP contribution in [0.2, 0.25) is 0 Å². The number of aliphatic imine (C=N–C) groups is 1. The van der Waals surface area contributed by atoms with Crippen molar-refractivity contribution in [3.05, 3.63) is 48.3 Å². The Kier molecular flexibility index (Phi) is 9.00. The molecule has 0 aliphatic carbocycles. The first-order valence-electron chi connectivity index (χ1n) is 11.8. The normalized spacial score (nSPS) is 17.7. The quantitative estimate of drug-likeness (QED) is 0.413. The molecule has 3 N–H and O–H groups in total. The number of allylic oxidation sites excluding steroid dienone is 2. The van der Waals surface area contributed by atoms with Gasteiger partial charge in [-0.2, -0.15) is 4.68 Å². The van der Waals surface area contributed by atoms with Crippen molar-refractivity contribution in [2.45, 2.75) is 46.0 Å². The molecule has 0 spiro atoms.